The molecule has 2 N–H and O–H groups in total. The average molecular weight is 415 g/mol. The van der Waals surface area contributed by atoms with Crippen LogP contribution in [0.5, 0.6) is 0 Å². The molecule has 2 aromatic heterocycles. The largest absolute Gasteiger partial charge is 0.354 e. The zero-order valence-electron chi connectivity index (χ0n) is 16.0. The number of hydrogen-bond donors (Lipinski definition) is 2. The van der Waals surface area contributed by atoms with E-state index in [0.29, 0.717) is 18.5 Å². The topological polar surface area (TPSA) is 91.0 Å². The minimum atomic E-state index is -3.79. The van der Waals surface area contributed by atoms with Gasteiger partial charge < -0.3 is 4.90 Å². The Labute approximate surface area is 169 Å². The number of pyridine rings is 1. The van der Waals surface area contributed by atoms with E-state index in [0.717, 1.165) is 36.1 Å². The van der Waals surface area contributed by atoms with Crippen molar-refractivity contribution in [1.82, 2.24) is 19.9 Å². The summed E-state index contributed by atoms with van der Waals surface area (Å²) in [5.74, 6) is 0.236. The van der Waals surface area contributed by atoms with Gasteiger partial charge in [-0.2, -0.15) is 5.10 Å². The van der Waals surface area contributed by atoms with Crippen molar-refractivity contribution in [2.75, 3.05) is 18.0 Å². The first-order valence-corrected chi connectivity index (χ1v) is 10.9. The lowest BCUT2D eigenvalue weighted by Gasteiger charge is -2.33. The van der Waals surface area contributed by atoms with Crippen LogP contribution in [0.25, 0.3) is 11.3 Å². The van der Waals surface area contributed by atoms with E-state index in [-0.39, 0.29) is 10.9 Å². The lowest BCUT2D eigenvalue weighted by Crippen LogP contribution is -2.47. The summed E-state index contributed by atoms with van der Waals surface area (Å²) in [7, 11) is -3.79. The highest BCUT2D eigenvalue weighted by atomic mass is 32.2. The number of H-pyrrole nitrogens is 1. The molecule has 0 aliphatic carbocycles. The molecule has 7 nitrogen and oxygen atoms in total. The summed E-state index contributed by atoms with van der Waals surface area (Å²) in [4.78, 5) is 6.00. The van der Waals surface area contributed by atoms with Crippen LogP contribution in [0.4, 0.5) is 10.2 Å². The van der Waals surface area contributed by atoms with Gasteiger partial charge in [0.2, 0.25) is 10.0 Å². The minimum Gasteiger partial charge on any atom is -0.354 e. The molecule has 1 aromatic carbocycles. The lowest BCUT2D eigenvalue weighted by molar-refractivity contribution is 0.463. The molecule has 0 radical (unpaired) electrons. The smallest absolute Gasteiger partial charge is 0.240 e. The molecule has 0 saturated carbocycles. The Kier molecular flexibility index (Phi) is 5.33. The molecule has 1 fully saturated rings. The Hall–Kier alpha value is -2.78. The van der Waals surface area contributed by atoms with Crippen LogP contribution >= 0.6 is 0 Å². The molecular formula is C20H22FN5O2S. The van der Waals surface area contributed by atoms with E-state index >= 15 is 0 Å². The van der Waals surface area contributed by atoms with Crippen LogP contribution in [-0.2, 0) is 10.0 Å². The van der Waals surface area contributed by atoms with Gasteiger partial charge in [0, 0.05) is 43.2 Å². The second kappa shape index (κ2) is 7.92. The highest BCUT2D eigenvalue weighted by molar-refractivity contribution is 7.89. The van der Waals surface area contributed by atoms with Crippen molar-refractivity contribution in [2.24, 2.45) is 0 Å². The van der Waals surface area contributed by atoms with Crippen LogP contribution in [0.15, 0.2) is 53.7 Å². The van der Waals surface area contributed by atoms with E-state index in [2.05, 4.69) is 19.9 Å². The molecule has 152 valence electrons. The maximum Gasteiger partial charge on any atom is 0.240 e. The first-order chi connectivity index (χ1) is 13.9. The average Bonchev–Trinajstić information content (AvgIpc) is 3.21. The summed E-state index contributed by atoms with van der Waals surface area (Å²) < 4.78 is 41.9. The Balaban J connectivity index is 1.47. The van der Waals surface area contributed by atoms with Crippen LogP contribution in [0.2, 0.25) is 0 Å². The van der Waals surface area contributed by atoms with E-state index in [1.165, 1.54) is 12.1 Å². The van der Waals surface area contributed by atoms with Crippen LogP contribution < -0.4 is 9.62 Å². The third-order valence-corrected chi connectivity index (χ3v) is 6.59. The van der Waals surface area contributed by atoms with Gasteiger partial charge in [-0.05, 0) is 49.6 Å². The fourth-order valence-electron chi connectivity index (χ4n) is 3.46. The standard InChI is InChI=1S/C20H22FN5O2S/c1-14-4-5-17(11-18(14)21)29(27,28)25-16-3-2-10-26(13-16)20-12-19(23-24-20)15-6-8-22-9-7-15/h4-9,11-12,16,25H,2-3,10,13H2,1H3,(H,23,24)/t16-/m0/s1. The van der Waals surface area contributed by atoms with Gasteiger partial charge in [0.05, 0.1) is 10.6 Å². The molecular weight excluding hydrogens is 393 g/mol. The SMILES string of the molecule is Cc1ccc(S(=O)(=O)N[C@H]2CCCN(c3cc(-c4ccncc4)[nH]n3)C2)cc1F. The highest BCUT2D eigenvalue weighted by Gasteiger charge is 2.27. The summed E-state index contributed by atoms with van der Waals surface area (Å²) in [5.41, 5.74) is 2.27. The molecule has 3 aromatic rings. The van der Waals surface area contributed by atoms with E-state index in [1.807, 2.05) is 23.1 Å². The van der Waals surface area contributed by atoms with E-state index in [9.17, 15) is 12.8 Å². The van der Waals surface area contributed by atoms with Gasteiger partial charge in [0.1, 0.15) is 5.82 Å². The number of anilines is 1. The third kappa shape index (κ3) is 4.30. The summed E-state index contributed by atoms with van der Waals surface area (Å²) in [6, 6.07) is 9.42. The molecule has 4 rings (SSSR count). The Bertz CT molecular complexity index is 1100. The Morgan fingerprint density at radius 3 is 2.76 bits per heavy atom. The second-order valence-electron chi connectivity index (χ2n) is 7.19. The highest BCUT2D eigenvalue weighted by Crippen LogP contribution is 2.24. The number of aromatic amines is 1. The summed E-state index contributed by atoms with van der Waals surface area (Å²) in [6.45, 7) is 2.88. The minimum absolute atomic E-state index is 0.0579. The van der Waals surface area contributed by atoms with E-state index < -0.39 is 15.8 Å². The number of nitrogens with one attached hydrogen (secondary N) is 2. The maximum absolute atomic E-state index is 13.8. The van der Waals surface area contributed by atoms with Crippen molar-refractivity contribution in [3.05, 3.63) is 60.2 Å². The van der Waals surface area contributed by atoms with Gasteiger partial charge in [0.15, 0.2) is 5.82 Å². The van der Waals surface area contributed by atoms with Crippen molar-refractivity contribution >= 4 is 15.8 Å². The summed E-state index contributed by atoms with van der Waals surface area (Å²) in [5, 5.41) is 7.40. The van der Waals surface area contributed by atoms with Crippen molar-refractivity contribution in [1.29, 1.82) is 0 Å². The number of rotatable bonds is 5. The van der Waals surface area contributed by atoms with Crippen LogP contribution in [0, 0.1) is 12.7 Å². The predicted octanol–water partition coefficient (Wildman–Crippen LogP) is 2.87. The molecule has 1 aliphatic heterocycles. The van der Waals surface area contributed by atoms with Crippen molar-refractivity contribution in [3.63, 3.8) is 0 Å². The molecule has 1 atom stereocenters. The monoisotopic (exact) mass is 415 g/mol. The zero-order valence-corrected chi connectivity index (χ0v) is 16.8. The normalized spacial score (nSPS) is 17.4. The number of aryl methyl sites for hydroxylation is 1. The number of halogens is 1. The molecule has 0 bridgehead atoms. The molecule has 1 aliphatic rings. The molecule has 9 heteroatoms. The molecule has 1 saturated heterocycles. The van der Waals surface area contributed by atoms with Gasteiger partial charge in [-0.1, -0.05) is 6.07 Å². The number of hydrogen-bond acceptors (Lipinski definition) is 5. The third-order valence-electron chi connectivity index (χ3n) is 5.08. The van der Waals surface area contributed by atoms with Crippen LogP contribution in [-0.4, -0.2) is 42.7 Å². The Morgan fingerprint density at radius 2 is 2.00 bits per heavy atom. The number of sulfonamides is 1. The molecule has 0 unspecified atom stereocenters. The van der Waals surface area contributed by atoms with Gasteiger partial charge in [-0.3, -0.25) is 10.1 Å². The van der Waals surface area contributed by atoms with Gasteiger partial charge >= 0.3 is 0 Å². The molecule has 0 spiro atoms. The molecule has 29 heavy (non-hydrogen) atoms. The van der Waals surface area contributed by atoms with Crippen molar-refractivity contribution in [3.8, 4) is 11.3 Å². The summed E-state index contributed by atoms with van der Waals surface area (Å²) >= 11 is 0. The fraction of sp³-hybridized carbons (Fsp3) is 0.300. The van der Waals surface area contributed by atoms with Gasteiger partial charge in [-0.25, -0.2) is 17.5 Å². The predicted molar refractivity (Wildman–Crippen MR) is 109 cm³/mol. The van der Waals surface area contributed by atoms with Crippen molar-refractivity contribution in [2.45, 2.75) is 30.7 Å². The first-order valence-electron chi connectivity index (χ1n) is 9.41. The number of nitrogens with zero attached hydrogens (tertiary/aromatic N) is 3. The number of benzene rings is 1. The van der Waals surface area contributed by atoms with Gasteiger partial charge in [-0.15, -0.1) is 0 Å². The fourth-order valence-corrected chi connectivity index (χ4v) is 4.74. The quantitative estimate of drug-likeness (QED) is 0.669. The summed E-state index contributed by atoms with van der Waals surface area (Å²) in [6.07, 6.45) is 4.98. The lowest BCUT2D eigenvalue weighted by atomic mass is 10.1. The van der Waals surface area contributed by atoms with Crippen LogP contribution in [0.3, 0.4) is 0 Å². The number of piperidine rings is 1. The van der Waals surface area contributed by atoms with E-state index in [4.69, 9.17) is 0 Å². The molecule has 0 amide bonds. The number of aromatic nitrogens is 3. The van der Waals surface area contributed by atoms with Gasteiger partial charge in [0.25, 0.3) is 0 Å². The molecule has 3 heterocycles. The van der Waals surface area contributed by atoms with Crippen LogP contribution in [0.1, 0.15) is 18.4 Å². The van der Waals surface area contributed by atoms with E-state index in [1.54, 1.807) is 19.3 Å². The maximum atomic E-state index is 13.8. The Morgan fingerprint density at radius 1 is 1.21 bits per heavy atom. The second-order valence-corrected chi connectivity index (χ2v) is 8.91. The first kappa shape index (κ1) is 19.5. The zero-order chi connectivity index (χ0) is 20.4. The van der Waals surface area contributed by atoms with Crippen molar-refractivity contribution < 1.29 is 12.8 Å².